The molecule has 0 radical (unpaired) electrons. The predicted octanol–water partition coefficient (Wildman–Crippen LogP) is 1.82. The molecule has 2 aromatic carbocycles. The summed E-state index contributed by atoms with van der Waals surface area (Å²) in [5.74, 6) is -0.523. The molecule has 0 unspecified atom stereocenters. The normalized spacial score (nSPS) is 10.7. The van der Waals surface area contributed by atoms with Crippen molar-refractivity contribution < 1.29 is 23.6 Å². The first kappa shape index (κ1) is 21.7. The maximum atomic E-state index is 13.4. The van der Waals surface area contributed by atoms with E-state index >= 15 is 0 Å². The Morgan fingerprint density at radius 3 is 2.61 bits per heavy atom. The fraction of sp³-hybridized carbons (Fsp3) is 0.250. The van der Waals surface area contributed by atoms with Crippen molar-refractivity contribution in [2.24, 2.45) is 0 Å². The molecule has 31 heavy (non-hydrogen) atoms. The third-order valence-electron chi connectivity index (χ3n) is 4.60. The van der Waals surface area contributed by atoms with Gasteiger partial charge in [-0.3, -0.25) is 24.3 Å². The zero-order valence-electron chi connectivity index (χ0n) is 16.8. The van der Waals surface area contributed by atoms with Crippen LogP contribution in [0.5, 0.6) is 11.5 Å². The summed E-state index contributed by atoms with van der Waals surface area (Å²) in [5, 5.41) is 14.0. The number of nitrogens with zero attached hydrogens (tertiary/aromatic N) is 3. The van der Waals surface area contributed by atoms with Crippen molar-refractivity contribution in [1.82, 2.24) is 14.9 Å². The van der Waals surface area contributed by atoms with Crippen molar-refractivity contribution in [3.05, 3.63) is 68.5 Å². The van der Waals surface area contributed by atoms with Gasteiger partial charge in [-0.15, -0.1) is 0 Å². The Hall–Kier alpha value is -4.02. The van der Waals surface area contributed by atoms with Crippen LogP contribution in [0.3, 0.4) is 0 Å². The topological polar surface area (TPSA) is 126 Å². The molecule has 1 heterocycles. The molecule has 0 saturated heterocycles. The lowest BCUT2D eigenvalue weighted by Gasteiger charge is -2.11. The highest BCUT2D eigenvalue weighted by Gasteiger charge is 2.19. The van der Waals surface area contributed by atoms with Gasteiger partial charge in [0.15, 0.2) is 11.5 Å². The smallest absolute Gasteiger partial charge is 0.276 e. The number of nitro benzene ring substituents is 1. The molecule has 0 atom stereocenters. The molecule has 11 heteroatoms. The number of halogens is 1. The molecule has 3 rings (SSSR count). The van der Waals surface area contributed by atoms with Crippen LogP contribution < -0.4 is 20.3 Å². The van der Waals surface area contributed by atoms with Gasteiger partial charge in [0.05, 0.1) is 42.4 Å². The van der Waals surface area contributed by atoms with Crippen LogP contribution >= 0.6 is 0 Å². The van der Waals surface area contributed by atoms with Crippen LogP contribution in [0.2, 0.25) is 0 Å². The number of nitrogens with one attached hydrogen (secondary N) is 1. The molecule has 10 nitrogen and oxygen atoms in total. The first-order chi connectivity index (χ1) is 14.8. The molecule has 3 aromatic rings. The zero-order chi connectivity index (χ0) is 22.5. The average molecular weight is 430 g/mol. The van der Waals surface area contributed by atoms with Crippen LogP contribution in [-0.4, -0.2) is 41.1 Å². The number of hydrogen-bond donors (Lipinski definition) is 1. The Labute approximate surface area is 175 Å². The van der Waals surface area contributed by atoms with Gasteiger partial charge in [-0.2, -0.15) is 0 Å². The van der Waals surface area contributed by atoms with Gasteiger partial charge >= 0.3 is 0 Å². The summed E-state index contributed by atoms with van der Waals surface area (Å²) in [6.07, 6.45) is 1.36. The van der Waals surface area contributed by atoms with Gasteiger partial charge in [0.1, 0.15) is 12.4 Å². The average Bonchev–Trinajstić information content (AvgIpc) is 2.75. The van der Waals surface area contributed by atoms with Crippen LogP contribution in [0.4, 0.5) is 10.1 Å². The van der Waals surface area contributed by atoms with Gasteiger partial charge in [-0.1, -0.05) is 0 Å². The lowest BCUT2D eigenvalue weighted by Crippen LogP contribution is -2.33. The van der Waals surface area contributed by atoms with E-state index in [0.717, 1.165) is 10.6 Å². The molecule has 0 spiro atoms. The minimum atomic E-state index is -0.579. The zero-order valence-corrected chi connectivity index (χ0v) is 16.8. The van der Waals surface area contributed by atoms with E-state index in [1.807, 2.05) is 0 Å². The lowest BCUT2D eigenvalue weighted by molar-refractivity contribution is -0.385. The highest BCUT2D eigenvalue weighted by molar-refractivity contribution is 5.79. The number of amides is 1. The van der Waals surface area contributed by atoms with Crippen molar-refractivity contribution >= 4 is 22.5 Å². The highest BCUT2D eigenvalue weighted by Crippen LogP contribution is 2.34. The fourth-order valence-corrected chi connectivity index (χ4v) is 3.07. The summed E-state index contributed by atoms with van der Waals surface area (Å²) >= 11 is 0. The molecule has 0 aliphatic rings. The summed E-state index contributed by atoms with van der Waals surface area (Å²) in [6.45, 7) is -0.244. The van der Waals surface area contributed by atoms with Gasteiger partial charge in [-0.25, -0.2) is 9.37 Å². The van der Waals surface area contributed by atoms with Crippen molar-refractivity contribution in [2.75, 3.05) is 20.8 Å². The van der Waals surface area contributed by atoms with E-state index < -0.39 is 22.2 Å². The first-order valence-corrected chi connectivity index (χ1v) is 9.14. The number of carbonyl (C=O) groups is 1. The molecule has 162 valence electrons. The molecule has 0 aliphatic carbocycles. The molecule has 1 aromatic heterocycles. The summed E-state index contributed by atoms with van der Waals surface area (Å²) in [4.78, 5) is 39.5. The Morgan fingerprint density at radius 2 is 1.94 bits per heavy atom. The van der Waals surface area contributed by atoms with E-state index in [4.69, 9.17) is 9.47 Å². The Bertz CT molecular complexity index is 1210. The number of hydrogen-bond acceptors (Lipinski definition) is 7. The quantitative estimate of drug-likeness (QED) is 0.427. The van der Waals surface area contributed by atoms with Gasteiger partial charge < -0.3 is 14.8 Å². The Morgan fingerprint density at radius 1 is 1.23 bits per heavy atom. The summed E-state index contributed by atoms with van der Waals surface area (Å²) < 4.78 is 24.7. The number of fused-ring (bicyclic) bond motifs is 1. The van der Waals surface area contributed by atoms with Gasteiger partial charge in [0.25, 0.3) is 11.2 Å². The van der Waals surface area contributed by atoms with E-state index in [9.17, 15) is 24.1 Å². The minimum Gasteiger partial charge on any atom is -0.493 e. The van der Waals surface area contributed by atoms with Gasteiger partial charge in [0.2, 0.25) is 5.91 Å². The van der Waals surface area contributed by atoms with Crippen molar-refractivity contribution in [1.29, 1.82) is 0 Å². The number of carbonyl (C=O) groups excluding carboxylic acids is 1. The van der Waals surface area contributed by atoms with Crippen molar-refractivity contribution in [3.8, 4) is 11.5 Å². The van der Waals surface area contributed by atoms with Crippen LogP contribution in [0.1, 0.15) is 5.56 Å². The third kappa shape index (κ3) is 4.77. The maximum Gasteiger partial charge on any atom is 0.276 e. The fourth-order valence-electron chi connectivity index (χ4n) is 3.07. The second-order valence-corrected chi connectivity index (χ2v) is 6.53. The molecule has 0 saturated carbocycles. The standard InChI is InChI=1S/C20H19FN4O6/c1-30-17-7-12(16(25(28)29)9-18(17)31-2)5-6-22-19(26)10-24-11-23-15-4-3-13(21)8-14(15)20(24)27/h3-4,7-9,11H,5-6,10H2,1-2H3,(H,22,26). The highest BCUT2D eigenvalue weighted by atomic mass is 19.1. The number of methoxy groups -OCH3 is 2. The molecule has 0 aliphatic heterocycles. The number of aromatic nitrogens is 2. The van der Waals surface area contributed by atoms with Crippen LogP contribution in [0.25, 0.3) is 10.9 Å². The molecule has 0 fully saturated rings. The van der Waals surface area contributed by atoms with Crippen molar-refractivity contribution in [2.45, 2.75) is 13.0 Å². The largest absolute Gasteiger partial charge is 0.493 e. The molecular formula is C20H19FN4O6. The number of rotatable bonds is 8. The van der Waals surface area contributed by atoms with Crippen molar-refractivity contribution in [3.63, 3.8) is 0 Å². The van der Waals surface area contributed by atoms with E-state index in [0.29, 0.717) is 16.8 Å². The Balaban J connectivity index is 1.70. The SMILES string of the molecule is COc1cc(CCNC(=O)Cn2cnc3ccc(F)cc3c2=O)c([N+](=O)[O-])cc1OC. The maximum absolute atomic E-state index is 13.4. The molecule has 1 N–H and O–H groups in total. The van der Waals surface area contributed by atoms with Crippen LogP contribution in [-0.2, 0) is 17.8 Å². The summed E-state index contributed by atoms with van der Waals surface area (Å²) in [7, 11) is 2.79. The molecular weight excluding hydrogens is 411 g/mol. The molecule has 1 amide bonds. The third-order valence-corrected chi connectivity index (χ3v) is 4.60. The van der Waals surface area contributed by atoms with E-state index in [1.54, 1.807) is 0 Å². The second-order valence-electron chi connectivity index (χ2n) is 6.53. The number of ether oxygens (including phenoxy) is 2. The minimum absolute atomic E-state index is 0.0660. The Kier molecular flexibility index (Phi) is 6.43. The number of nitro groups is 1. The van der Waals surface area contributed by atoms with E-state index in [-0.39, 0.29) is 36.3 Å². The van der Waals surface area contributed by atoms with E-state index in [2.05, 4.69) is 10.3 Å². The monoisotopic (exact) mass is 430 g/mol. The first-order valence-electron chi connectivity index (χ1n) is 9.14. The molecule has 0 bridgehead atoms. The predicted molar refractivity (Wildman–Crippen MR) is 109 cm³/mol. The number of benzene rings is 2. The second kappa shape index (κ2) is 9.20. The van der Waals surface area contributed by atoms with Gasteiger partial charge in [0, 0.05) is 12.1 Å². The van der Waals surface area contributed by atoms with Crippen LogP contribution in [0, 0.1) is 15.9 Å². The summed E-state index contributed by atoms with van der Waals surface area (Å²) in [6, 6.07) is 6.38. The van der Waals surface area contributed by atoms with Gasteiger partial charge in [-0.05, 0) is 30.7 Å². The van der Waals surface area contributed by atoms with E-state index in [1.165, 1.54) is 44.8 Å². The van der Waals surface area contributed by atoms with Crippen LogP contribution in [0.15, 0.2) is 41.5 Å². The lowest BCUT2D eigenvalue weighted by atomic mass is 10.1. The summed E-state index contributed by atoms with van der Waals surface area (Å²) in [5.41, 5.74) is -0.0363.